The summed E-state index contributed by atoms with van der Waals surface area (Å²) in [6.45, 7) is 4.76. The zero-order valence-electron chi connectivity index (χ0n) is 26.1. The predicted molar refractivity (Wildman–Crippen MR) is 162 cm³/mol. The molecule has 8 nitrogen and oxygen atoms in total. The summed E-state index contributed by atoms with van der Waals surface area (Å²) >= 11 is 0. The molecule has 1 amide bonds. The van der Waals surface area contributed by atoms with Crippen LogP contribution in [0.4, 0.5) is 37.0 Å². The van der Waals surface area contributed by atoms with E-state index in [9.17, 15) is 41.0 Å². The largest absolute Gasteiger partial charge is 0.490 e. The van der Waals surface area contributed by atoms with Gasteiger partial charge in [-0.1, -0.05) is 6.07 Å². The lowest BCUT2D eigenvalue weighted by Crippen LogP contribution is -2.38. The first-order chi connectivity index (χ1) is 22.6. The van der Waals surface area contributed by atoms with Crippen molar-refractivity contribution in [1.29, 1.82) is 0 Å². The topological polar surface area (TPSA) is 92.2 Å². The predicted octanol–water partition coefficient (Wildman–Crippen LogP) is 7.95. The van der Waals surface area contributed by atoms with Gasteiger partial charge in [0.25, 0.3) is 0 Å². The maximum atomic E-state index is 13.6. The van der Waals surface area contributed by atoms with Gasteiger partial charge in [0.2, 0.25) is 0 Å². The number of cyclic esters (lactones) is 1. The quantitative estimate of drug-likeness (QED) is 0.218. The molecular weight excluding hydrogens is 644 g/mol. The number of carboxylic acids is 1. The average molecular weight is 678 g/mol. The molecule has 3 fully saturated rings. The third kappa shape index (κ3) is 7.02. The zero-order chi connectivity index (χ0) is 34.5. The minimum atomic E-state index is -5.06. The molecule has 2 saturated heterocycles. The number of pyridine rings is 1. The number of anilines is 1. The minimum Gasteiger partial charge on any atom is -0.490 e. The van der Waals surface area contributed by atoms with Crippen molar-refractivity contribution < 1.29 is 50.5 Å². The van der Waals surface area contributed by atoms with Crippen LogP contribution in [0.3, 0.4) is 0 Å². The van der Waals surface area contributed by atoms with E-state index in [1.54, 1.807) is 12.1 Å². The minimum absolute atomic E-state index is 0.0223. The number of aromatic nitrogens is 1. The van der Waals surface area contributed by atoms with Crippen LogP contribution in [0.15, 0.2) is 42.5 Å². The number of carbonyl (C=O) groups is 2. The number of rotatable bonds is 10. The number of carbonyl (C=O) groups excluding carboxylic acids is 1. The highest BCUT2D eigenvalue weighted by molar-refractivity contribution is 5.79. The second-order valence-corrected chi connectivity index (χ2v) is 12.5. The molecule has 2 aromatic carbocycles. The number of halogens is 6. The summed E-state index contributed by atoms with van der Waals surface area (Å²) in [5.41, 5.74) is -0.181. The Morgan fingerprint density at radius 2 is 1.69 bits per heavy atom. The molecule has 0 spiro atoms. The van der Waals surface area contributed by atoms with Crippen molar-refractivity contribution in [2.45, 2.75) is 83.1 Å². The molecule has 0 radical (unpaired) electrons. The first kappa shape index (κ1) is 33.4. The highest BCUT2D eigenvalue weighted by Crippen LogP contribution is 2.43. The van der Waals surface area contributed by atoms with Crippen LogP contribution in [-0.2, 0) is 34.8 Å². The summed E-state index contributed by atoms with van der Waals surface area (Å²) in [4.78, 5) is 32.9. The molecule has 3 aromatic rings. The van der Waals surface area contributed by atoms with Crippen molar-refractivity contribution in [1.82, 2.24) is 9.88 Å². The molecule has 1 saturated carbocycles. The third-order valence-electron chi connectivity index (χ3n) is 8.87. The van der Waals surface area contributed by atoms with Gasteiger partial charge >= 0.3 is 24.4 Å². The molecule has 3 aliphatic rings. The lowest BCUT2D eigenvalue weighted by atomic mass is 9.94. The standard InChI is InChI=1S/C34H33F6N3O5/c1-18-12-28(42-10-3-11-42)41-26(30(18)25-13-20(5-9-29(44)45)4-8-27(25)47-24-6-7-24)17-43-19(2)31(48-32(43)46)21-14-22(33(35,36)37)16-23(15-21)34(38,39)40/h4,8,12-16,19,24,31H,3,5-7,9-11,17H2,1-2H3,(H,44,45). The van der Waals surface area contributed by atoms with E-state index in [1.807, 2.05) is 19.1 Å². The van der Waals surface area contributed by atoms with Gasteiger partial charge in [-0.05, 0) is 92.6 Å². The lowest BCUT2D eigenvalue weighted by Gasteiger charge is -2.33. The summed E-state index contributed by atoms with van der Waals surface area (Å²) in [6.07, 6.45) is -9.54. The lowest BCUT2D eigenvalue weighted by molar-refractivity contribution is -0.143. The molecule has 256 valence electrons. The number of aliphatic carboxylic acids is 1. The molecule has 2 aliphatic heterocycles. The van der Waals surface area contributed by atoms with Crippen LogP contribution in [-0.4, -0.2) is 52.3 Å². The fraction of sp³-hybridized carbons (Fsp3) is 0.441. The van der Waals surface area contributed by atoms with Gasteiger partial charge in [0.15, 0.2) is 0 Å². The van der Waals surface area contributed by atoms with E-state index in [1.165, 1.54) is 11.8 Å². The highest BCUT2D eigenvalue weighted by atomic mass is 19.4. The summed E-state index contributed by atoms with van der Waals surface area (Å²) in [5, 5.41) is 9.27. The van der Waals surface area contributed by atoms with Crippen molar-refractivity contribution in [3.63, 3.8) is 0 Å². The maximum Gasteiger partial charge on any atom is 0.416 e. The molecule has 2 atom stereocenters. The molecule has 1 aromatic heterocycles. The number of carboxylic acid groups (broad SMARTS) is 1. The van der Waals surface area contributed by atoms with E-state index >= 15 is 0 Å². The number of hydrogen-bond acceptors (Lipinski definition) is 6. The van der Waals surface area contributed by atoms with Crippen LogP contribution in [0.5, 0.6) is 5.75 Å². The maximum absolute atomic E-state index is 13.6. The number of aryl methyl sites for hydroxylation is 2. The summed E-state index contributed by atoms with van der Waals surface area (Å²) in [6, 6.07) is 7.57. The smallest absolute Gasteiger partial charge is 0.416 e. The van der Waals surface area contributed by atoms with Gasteiger partial charge in [-0.3, -0.25) is 9.69 Å². The van der Waals surface area contributed by atoms with Crippen LogP contribution in [0.25, 0.3) is 11.1 Å². The molecule has 14 heteroatoms. The number of ether oxygens (including phenoxy) is 2. The van der Waals surface area contributed by atoms with Gasteiger partial charge in [-0.2, -0.15) is 26.3 Å². The van der Waals surface area contributed by atoms with Crippen molar-refractivity contribution in [3.05, 3.63) is 76.0 Å². The summed E-state index contributed by atoms with van der Waals surface area (Å²) in [7, 11) is 0. The van der Waals surface area contributed by atoms with Gasteiger partial charge in [0.05, 0.1) is 35.5 Å². The van der Waals surface area contributed by atoms with E-state index in [0.717, 1.165) is 43.5 Å². The second-order valence-electron chi connectivity index (χ2n) is 12.5. The van der Waals surface area contributed by atoms with Gasteiger partial charge < -0.3 is 19.5 Å². The Hall–Kier alpha value is -4.49. The molecule has 1 aliphatic carbocycles. The zero-order valence-corrected chi connectivity index (χ0v) is 26.1. The molecule has 1 N–H and O–H groups in total. The van der Waals surface area contributed by atoms with Gasteiger partial charge in [-0.25, -0.2) is 9.78 Å². The summed E-state index contributed by atoms with van der Waals surface area (Å²) in [5.74, 6) is 0.262. The van der Waals surface area contributed by atoms with Crippen molar-refractivity contribution in [2.75, 3.05) is 18.0 Å². The monoisotopic (exact) mass is 677 g/mol. The molecule has 6 rings (SSSR count). The average Bonchev–Trinajstić information content (AvgIpc) is 3.75. The van der Waals surface area contributed by atoms with Gasteiger partial charge in [-0.15, -0.1) is 0 Å². The van der Waals surface area contributed by atoms with E-state index in [-0.39, 0.29) is 31.6 Å². The first-order valence-corrected chi connectivity index (χ1v) is 15.6. The Bertz CT molecular complexity index is 1700. The number of amides is 1. The second kappa shape index (κ2) is 12.5. The number of alkyl halides is 6. The van der Waals surface area contributed by atoms with Gasteiger partial charge in [0.1, 0.15) is 17.7 Å². The van der Waals surface area contributed by atoms with E-state index in [4.69, 9.17) is 14.5 Å². The van der Waals surface area contributed by atoms with Gasteiger partial charge in [0, 0.05) is 30.6 Å². The number of benzene rings is 2. The Balaban J connectivity index is 1.40. The first-order valence-electron chi connectivity index (χ1n) is 15.6. The van der Waals surface area contributed by atoms with E-state index in [0.29, 0.717) is 40.5 Å². The molecule has 48 heavy (non-hydrogen) atoms. The summed E-state index contributed by atoms with van der Waals surface area (Å²) < 4.78 is 93.5. The highest BCUT2D eigenvalue weighted by Gasteiger charge is 2.44. The third-order valence-corrected chi connectivity index (χ3v) is 8.87. The fourth-order valence-electron chi connectivity index (χ4n) is 6.02. The SMILES string of the molecule is Cc1cc(N2CCC2)nc(CN2C(=O)OC(c3cc(C(F)(F)F)cc(C(F)(F)F)c3)C2C)c1-c1cc(CCC(=O)O)ccc1OC1CC1. The Kier molecular flexibility index (Phi) is 8.71. The van der Waals surface area contributed by atoms with Crippen LogP contribution in [0, 0.1) is 6.92 Å². The Labute approximate surface area is 272 Å². The Morgan fingerprint density at radius 3 is 2.25 bits per heavy atom. The van der Waals surface area contributed by atoms with Crippen molar-refractivity contribution in [2.24, 2.45) is 0 Å². The van der Waals surface area contributed by atoms with Crippen molar-refractivity contribution in [3.8, 4) is 16.9 Å². The molecular formula is C34H33F6N3O5. The molecule has 2 unspecified atom stereocenters. The number of hydrogen-bond donors (Lipinski definition) is 1. The molecule has 0 bridgehead atoms. The van der Waals surface area contributed by atoms with Crippen LogP contribution >= 0.6 is 0 Å². The van der Waals surface area contributed by atoms with E-state index in [2.05, 4.69) is 4.90 Å². The fourth-order valence-corrected chi connectivity index (χ4v) is 6.02. The normalized spacial score (nSPS) is 19.7. The Morgan fingerprint density at radius 1 is 1.02 bits per heavy atom. The van der Waals surface area contributed by atoms with E-state index < -0.39 is 53.3 Å². The molecule has 3 heterocycles. The van der Waals surface area contributed by atoms with Crippen LogP contribution < -0.4 is 9.64 Å². The van der Waals surface area contributed by atoms with Crippen LogP contribution in [0.2, 0.25) is 0 Å². The van der Waals surface area contributed by atoms with Crippen molar-refractivity contribution >= 4 is 17.9 Å². The van der Waals surface area contributed by atoms with Crippen LogP contribution in [0.1, 0.15) is 72.2 Å². The number of nitrogens with zero attached hydrogens (tertiary/aromatic N) is 3.